The average Bonchev–Trinajstić information content (AvgIpc) is 2.87. The van der Waals surface area contributed by atoms with Gasteiger partial charge in [-0.1, -0.05) is 19.1 Å². The van der Waals surface area contributed by atoms with Crippen LogP contribution in [0.2, 0.25) is 0 Å². The van der Waals surface area contributed by atoms with Gasteiger partial charge in [0.15, 0.2) is 0 Å². The lowest BCUT2D eigenvalue weighted by molar-refractivity contribution is 0.317. The molecule has 1 heterocycles. The number of rotatable bonds is 5. The molecule has 0 spiro atoms. The van der Waals surface area contributed by atoms with E-state index in [9.17, 15) is 0 Å². The Bertz CT molecular complexity index is 479. The van der Waals surface area contributed by atoms with E-state index in [1.807, 2.05) is 24.3 Å². The first-order chi connectivity index (χ1) is 8.38. The number of hydrogen-bond donors (Lipinski definition) is 0. The van der Waals surface area contributed by atoms with E-state index < -0.39 is 0 Å². The Hall–Kier alpha value is -2.17. The van der Waals surface area contributed by atoms with E-state index in [1.54, 1.807) is 10.9 Å². The molecule has 0 saturated carbocycles. The van der Waals surface area contributed by atoms with Gasteiger partial charge >= 0.3 is 0 Å². The predicted molar refractivity (Wildman–Crippen MR) is 65.2 cm³/mol. The summed E-state index contributed by atoms with van der Waals surface area (Å²) in [5, 5.41) is 11.5. The molecule has 0 bridgehead atoms. The molecule has 0 unspecified atom stereocenters. The van der Waals surface area contributed by atoms with Crippen LogP contribution in [0, 0.1) is 0 Å². The van der Waals surface area contributed by atoms with Gasteiger partial charge in [-0.15, -0.1) is 10.2 Å². The highest BCUT2D eigenvalue weighted by atomic mass is 16.5. The van der Waals surface area contributed by atoms with Crippen molar-refractivity contribution in [3.8, 4) is 5.75 Å². The summed E-state index contributed by atoms with van der Waals surface area (Å²) in [4.78, 5) is 0. The number of hydrogen-bond acceptors (Lipinski definition) is 4. The summed E-state index contributed by atoms with van der Waals surface area (Å²) < 4.78 is 7.08. The zero-order chi connectivity index (χ0) is 11.9. The van der Waals surface area contributed by atoms with Crippen LogP contribution >= 0.6 is 0 Å². The van der Waals surface area contributed by atoms with Crippen LogP contribution in [-0.2, 0) is 0 Å². The highest BCUT2D eigenvalue weighted by Crippen LogP contribution is 2.12. The van der Waals surface area contributed by atoms with Crippen molar-refractivity contribution in [1.82, 2.24) is 14.9 Å². The van der Waals surface area contributed by atoms with Gasteiger partial charge in [-0.25, -0.2) is 4.68 Å². The number of ether oxygens (including phenoxy) is 1. The summed E-state index contributed by atoms with van der Waals surface area (Å²) in [7, 11) is 0. The lowest BCUT2D eigenvalue weighted by Crippen LogP contribution is -1.95. The van der Waals surface area contributed by atoms with Gasteiger partial charge in [-0.2, -0.15) is 5.10 Å². The zero-order valence-corrected chi connectivity index (χ0v) is 9.65. The molecular formula is C12H14N4O. The van der Waals surface area contributed by atoms with E-state index in [0.717, 1.165) is 24.3 Å². The Kier molecular flexibility index (Phi) is 3.85. The summed E-state index contributed by atoms with van der Waals surface area (Å²) >= 11 is 0. The van der Waals surface area contributed by atoms with Crippen LogP contribution < -0.4 is 4.74 Å². The first kappa shape index (κ1) is 11.3. The summed E-state index contributed by atoms with van der Waals surface area (Å²) in [6.45, 7) is 2.81. The minimum absolute atomic E-state index is 0.728. The highest BCUT2D eigenvalue weighted by Gasteiger charge is 1.94. The zero-order valence-electron chi connectivity index (χ0n) is 9.65. The second-order valence-corrected chi connectivity index (χ2v) is 3.51. The summed E-state index contributed by atoms with van der Waals surface area (Å²) in [6.07, 6.45) is 5.81. The van der Waals surface area contributed by atoms with Crippen LogP contribution in [0.5, 0.6) is 5.75 Å². The lowest BCUT2D eigenvalue weighted by atomic mass is 10.2. The van der Waals surface area contributed by atoms with Crippen molar-refractivity contribution in [2.45, 2.75) is 13.3 Å². The molecule has 1 aromatic carbocycles. The van der Waals surface area contributed by atoms with Crippen molar-refractivity contribution in [3.05, 3.63) is 42.5 Å². The summed E-state index contributed by atoms with van der Waals surface area (Å²) in [6, 6.07) is 7.79. The van der Waals surface area contributed by atoms with E-state index in [1.165, 1.54) is 12.7 Å². The second-order valence-electron chi connectivity index (χ2n) is 3.51. The second kappa shape index (κ2) is 5.79. The molecule has 0 saturated heterocycles. The molecule has 0 aliphatic rings. The Morgan fingerprint density at radius 2 is 2.18 bits per heavy atom. The standard InChI is InChI=1S/C12H14N4O/c1-2-6-17-12-5-3-4-11(7-12)8-15-16-9-13-14-10-16/h3-5,7-10H,2,6H2,1H3/b15-8+. The van der Waals surface area contributed by atoms with E-state index in [-0.39, 0.29) is 0 Å². The van der Waals surface area contributed by atoms with Crippen molar-refractivity contribution >= 4 is 6.21 Å². The fourth-order valence-corrected chi connectivity index (χ4v) is 1.29. The SMILES string of the molecule is CCCOc1cccc(/C=N/n2cnnc2)c1. The monoisotopic (exact) mass is 230 g/mol. The molecule has 5 heteroatoms. The number of aromatic nitrogens is 3. The van der Waals surface area contributed by atoms with Gasteiger partial charge in [0.25, 0.3) is 0 Å². The van der Waals surface area contributed by atoms with Crippen LogP contribution in [-0.4, -0.2) is 27.7 Å². The van der Waals surface area contributed by atoms with Gasteiger partial charge < -0.3 is 4.74 Å². The Morgan fingerprint density at radius 3 is 2.94 bits per heavy atom. The molecule has 0 N–H and O–H groups in total. The molecule has 0 aliphatic heterocycles. The molecule has 0 fully saturated rings. The molecule has 2 rings (SSSR count). The van der Waals surface area contributed by atoms with Gasteiger partial charge in [-0.05, 0) is 24.1 Å². The van der Waals surface area contributed by atoms with Crippen molar-refractivity contribution in [2.24, 2.45) is 5.10 Å². The van der Waals surface area contributed by atoms with Crippen LogP contribution in [0.25, 0.3) is 0 Å². The topological polar surface area (TPSA) is 52.3 Å². The number of nitrogens with zero attached hydrogens (tertiary/aromatic N) is 4. The maximum Gasteiger partial charge on any atom is 0.141 e. The smallest absolute Gasteiger partial charge is 0.141 e. The Labute approximate surface area is 99.8 Å². The largest absolute Gasteiger partial charge is 0.494 e. The Balaban J connectivity index is 2.05. The summed E-state index contributed by atoms with van der Waals surface area (Å²) in [5.41, 5.74) is 0.979. The van der Waals surface area contributed by atoms with Crippen molar-refractivity contribution in [2.75, 3.05) is 6.61 Å². The first-order valence-electron chi connectivity index (χ1n) is 5.50. The van der Waals surface area contributed by atoms with Gasteiger partial charge in [0.2, 0.25) is 0 Å². The first-order valence-corrected chi connectivity index (χ1v) is 5.50. The maximum atomic E-state index is 5.54. The molecule has 5 nitrogen and oxygen atoms in total. The highest BCUT2D eigenvalue weighted by molar-refractivity contribution is 5.80. The quantitative estimate of drug-likeness (QED) is 0.738. The third kappa shape index (κ3) is 3.41. The van der Waals surface area contributed by atoms with Crippen LogP contribution in [0.3, 0.4) is 0 Å². The molecular weight excluding hydrogens is 216 g/mol. The van der Waals surface area contributed by atoms with Crippen molar-refractivity contribution < 1.29 is 4.74 Å². The molecule has 2 aromatic rings. The number of benzene rings is 1. The van der Waals surface area contributed by atoms with Crippen LogP contribution in [0.1, 0.15) is 18.9 Å². The van der Waals surface area contributed by atoms with E-state index in [2.05, 4.69) is 22.2 Å². The van der Waals surface area contributed by atoms with E-state index in [4.69, 9.17) is 4.74 Å². The van der Waals surface area contributed by atoms with Gasteiger partial charge in [0.05, 0.1) is 12.8 Å². The third-order valence-corrected chi connectivity index (χ3v) is 2.08. The average molecular weight is 230 g/mol. The van der Waals surface area contributed by atoms with Gasteiger partial charge in [0.1, 0.15) is 18.4 Å². The molecule has 0 aliphatic carbocycles. The fraction of sp³-hybridized carbons (Fsp3) is 0.250. The minimum atomic E-state index is 0.728. The van der Waals surface area contributed by atoms with Gasteiger partial charge in [0, 0.05) is 0 Å². The molecule has 0 radical (unpaired) electrons. The van der Waals surface area contributed by atoms with Crippen molar-refractivity contribution in [3.63, 3.8) is 0 Å². The fourth-order valence-electron chi connectivity index (χ4n) is 1.29. The van der Waals surface area contributed by atoms with E-state index in [0.29, 0.717) is 0 Å². The van der Waals surface area contributed by atoms with Crippen LogP contribution in [0.4, 0.5) is 0 Å². The molecule has 0 atom stereocenters. The summed E-state index contributed by atoms with van der Waals surface area (Å²) in [5.74, 6) is 0.861. The molecule has 0 amide bonds. The molecule has 17 heavy (non-hydrogen) atoms. The lowest BCUT2D eigenvalue weighted by Gasteiger charge is -2.04. The third-order valence-electron chi connectivity index (χ3n) is 2.08. The van der Waals surface area contributed by atoms with E-state index >= 15 is 0 Å². The van der Waals surface area contributed by atoms with Crippen LogP contribution in [0.15, 0.2) is 42.0 Å². The molecule has 1 aromatic heterocycles. The minimum Gasteiger partial charge on any atom is -0.494 e. The maximum absolute atomic E-state index is 5.54. The predicted octanol–water partition coefficient (Wildman–Crippen LogP) is 1.95. The van der Waals surface area contributed by atoms with Crippen molar-refractivity contribution in [1.29, 1.82) is 0 Å². The molecule has 88 valence electrons. The normalized spacial score (nSPS) is 10.9. The Morgan fingerprint density at radius 1 is 1.35 bits per heavy atom. The van der Waals surface area contributed by atoms with Gasteiger partial charge in [-0.3, -0.25) is 0 Å².